The summed E-state index contributed by atoms with van der Waals surface area (Å²) in [5, 5.41) is 5.13. The van der Waals surface area contributed by atoms with Gasteiger partial charge in [0, 0.05) is 24.1 Å². The van der Waals surface area contributed by atoms with E-state index in [1.165, 1.54) is 15.9 Å². The minimum Gasteiger partial charge on any atom is -0.330 e. The summed E-state index contributed by atoms with van der Waals surface area (Å²) in [6.45, 7) is 2.66. The van der Waals surface area contributed by atoms with Crippen molar-refractivity contribution in [2.24, 2.45) is 5.73 Å². The van der Waals surface area contributed by atoms with E-state index in [4.69, 9.17) is 5.73 Å². The summed E-state index contributed by atoms with van der Waals surface area (Å²) in [7, 11) is 0. The lowest BCUT2D eigenvalue weighted by atomic mass is 10.4. The molecule has 0 atom stereocenters. The van der Waals surface area contributed by atoms with Crippen molar-refractivity contribution < 1.29 is 0 Å². The fourth-order valence-electron chi connectivity index (χ4n) is 1.37. The minimum absolute atomic E-state index is 0.103. The highest BCUT2D eigenvalue weighted by atomic mass is 32.2. The Morgan fingerprint density at radius 1 is 1.59 bits per heavy atom. The molecule has 2 aromatic heterocycles. The second-order valence-corrected chi connectivity index (χ2v) is 5.62. The molecule has 0 spiro atoms. The molecule has 0 bridgehead atoms. The van der Waals surface area contributed by atoms with Gasteiger partial charge in [0.1, 0.15) is 5.01 Å². The van der Waals surface area contributed by atoms with Crippen LogP contribution in [0.15, 0.2) is 10.9 Å². The molecular weight excluding hydrogens is 256 g/mol. The number of thioether (sulfide) groups is 1. The highest BCUT2D eigenvalue weighted by Gasteiger charge is 2.07. The van der Waals surface area contributed by atoms with Gasteiger partial charge < -0.3 is 5.73 Å². The fraction of sp³-hybridized carbons (Fsp3) is 0.500. The molecule has 2 aromatic rings. The van der Waals surface area contributed by atoms with Gasteiger partial charge >= 0.3 is 0 Å². The van der Waals surface area contributed by atoms with Gasteiger partial charge in [-0.1, -0.05) is 18.3 Å². The predicted molar refractivity (Wildman–Crippen MR) is 71.7 cm³/mol. The van der Waals surface area contributed by atoms with Crippen LogP contribution >= 0.6 is 23.1 Å². The molecule has 2 rings (SSSR count). The van der Waals surface area contributed by atoms with Crippen LogP contribution in [-0.2, 0) is 12.2 Å². The third-order valence-corrected chi connectivity index (χ3v) is 4.23. The maximum Gasteiger partial charge on any atom is 0.275 e. The molecule has 0 fully saturated rings. The lowest BCUT2D eigenvalue weighted by Gasteiger charge is -1.99. The van der Waals surface area contributed by atoms with E-state index in [0.29, 0.717) is 11.5 Å². The molecule has 0 aliphatic rings. The van der Waals surface area contributed by atoms with Crippen LogP contribution in [0.1, 0.15) is 17.6 Å². The molecule has 5 nitrogen and oxygen atoms in total. The maximum atomic E-state index is 11.8. The number of nitrogens with zero attached hydrogens (tertiary/aromatic N) is 3. The smallest absolute Gasteiger partial charge is 0.275 e. The largest absolute Gasteiger partial charge is 0.330 e. The molecule has 0 saturated carbocycles. The quantitative estimate of drug-likeness (QED) is 0.817. The highest BCUT2D eigenvalue weighted by molar-refractivity contribution is 7.98. The average Bonchev–Trinajstić information content (AvgIpc) is 2.73. The second-order valence-electron chi connectivity index (χ2n) is 3.47. The number of aromatic nitrogens is 3. The molecule has 17 heavy (non-hydrogen) atoms. The van der Waals surface area contributed by atoms with Crippen molar-refractivity contribution in [2.75, 3.05) is 12.3 Å². The van der Waals surface area contributed by atoms with Crippen LogP contribution in [0.25, 0.3) is 4.96 Å². The van der Waals surface area contributed by atoms with Crippen LogP contribution in [0.5, 0.6) is 0 Å². The maximum absolute atomic E-state index is 11.8. The number of hydrogen-bond acceptors (Lipinski definition) is 6. The Balaban J connectivity index is 2.30. The van der Waals surface area contributed by atoms with Crippen molar-refractivity contribution in [3.05, 3.63) is 27.1 Å². The van der Waals surface area contributed by atoms with E-state index >= 15 is 0 Å². The fourth-order valence-corrected chi connectivity index (χ4v) is 2.90. The first-order valence-electron chi connectivity index (χ1n) is 5.41. The van der Waals surface area contributed by atoms with Gasteiger partial charge in [0.15, 0.2) is 0 Å². The molecule has 0 aliphatic heterocycles. The van der Waals surface area contributed by atoms with Gasteiger partial charge in [-0.05, 0) is 6.42 Å². The van der Waals surface area contributed by atoms with Gasteiger partial charge in [0.25, 0.3) is 5.56 Å². The number of aryl methyl sites for hydroxylation is 1. The molecule has 0 aromatic carbocycles. The van der Waals surface area contributed by atoms with Crippen LogP contribution < -0.4 is 11.3 Å². The van der Waals surface area contributed by atoms with Gasteiger partial charge in [-0.2, -0.15) is 21.4 Å². The summed E-state index contributed by atoms with van der Waals surface area (Å²) < 4.78 is 1.38. The topological polar surface area (TPSA) is 73.3 Å². The predicted octanol–water partition coefficient (Wildman–Crippen LogP) is 0.905. The van der Waals surface area contributed by atoms with Crippen molar-refractivity contribution in [1.29, 1.82) is 0 Å². The van der Waals surface area contributed by atoms with Crippen LogP contribution in [0, 0.1) is 0 Å². The first kappa shape index (κ1) is 12.5. The molecule has 2 N–H and O–H groups in total. The first-order valence-corrected chi connectivity index (χ1v) is 7.38. The summed E-state index contributed by atoms with van der Waals surface area (Å²) >= 11 is 3.16. The standard InChI is InChI=1S/C10H14N4OS2/c1-2-8-13-14-9(15)5-7(6-16-4-3-11)12-10(14)17-8/h5H,2-4,6,11H2,1H3. The van der Waals surface area contributed by atoms with Gasteiger partial charge in [0.2, 0.25) is 4.96 Å². The monoisotopic (exact) mass is 270 g/mol. The Kier molecular flexibility index (Phi) is 4.14. The third kappa shape index (κ3) is 2.85. The summed E-state index contributed by atoms with van der Waals surface area (Å²) in [6.07, 6.45) is 0.824. The van der Waals surface area contributed by atoms with Crippen molar-refractivity contribution in [1.82, 2.24) is 14.6 Å². The first-order chi connectivity index (χ1) is 8.24. The Morgan fingerprint density at radius 3 is 3.12 bits per heavy atom. The molecule has 0 amide bonds. The second kappa shape index (κ2) is 5.61. The van der Waals surface area contributed by atoms with Gasteiger partial charge in [-0.25, -0.2) is 4.98 Å². The molecule has 7 heteroatoms. The van der Waals surface area contributed by atoms with Crippen molar-refractivity contribution >= 4 is 28.1 Å². The van der Waals surface area contributed by atoms with E-state index < -0.39 is 0 Å². The minimum atomic E-state index is -0.103. The van der Waals surface area contributed by atoms with Crippen molar-refractivity contribution in [3.8, 4) is 0 Å². The van der Waals surface area contributed by atoms with Crippen molar-refractivity contribution in [2.45, 2.75) is 19.1 Å². The molecule has 2 heterocycles. The normalized spacial score (nSPS) is 11.2. The Morgan fingerprint density at radius 2 is 2.41 bits per heavy atom. The Hall–Kier alpha value is -0.920. The molecule has 0 aliphatic carbocycles. The van der Waals surface area contributed by atoms with E-state index in [-0.39, 0.29) is 5.56 Å². The van der Waals surface area contributed by atoms with Crippen molar-refractivity contribution in [3.63, 3.8) is 0 Å². The molecule has 0 saturated heterocycles. The average molecular weight is 270 g/mol. The summed E-state index contributed by atoms with van der Waals surface area (Å²) in [6, 6.07) is 1.55. The molecular formula is C10H14N4OS2. The van der Waals surface area contributed by atoms with Crippen LogP contribution in [0.2, 0.25) is 0 Å². The molecule has 0 radical (unpaired) electrons. The molecule has 0 unspecified atom stereocenters. The van der Waals surface area contributed by atoms with Gasteiger partial charge in [-0.15, -0.1) is 0 Å². The Labute approximate surface area is 107 Å². The van der Waals surface area contributed by atoms with Crippen LogP contribution in [-0.4, -0.2) is 26.9 Å². The van der Waals surface area contributed by atoms with Gasteiger partial charge in [0.05, 0.1) is 5.69 Å². The van der Waals surface area contributed by atoms with Crippen LogP contribution in [0.4, 0.5) is 0 Å². The van der Waals surface area contributed by atoms with E-state index in [9.17, 15) is 4.79 Å². The number of fused-ring (bicyclic) bond motifs is 1. The zero-order valence-corrected chi connectivity index (χ0v) is 11.2. The Bertz CT molecular complexity index is 563. The summed E-state index contributed by atoms with van der Waals surface area (Å²) in [5.41, 5.74) is 6.12. The van der Waals surface area contributed by atoms with Crippen LogP contribution in [0.3, 0.4) is 0 Å². The SMILES string of the molecule is CCc1nn2c(=O)cc(CSCCN)nc2s1. The summed E-state index contributed by atoms with van der Waals surface area (Å²) in [4.78, 5) is 16.9. The molecule has 92 valence electrons. The summed E-state index contributed by atoms with van der Waals surface area (Å²) in [5.74, 6) is 1.60. The van der Waals surface area contributed by atoms with Gasteiger partial charge in [-0.3, -0.25) is 4.79 Å². The highest BCUT2D eigenvalue weighted by Crippen LogP contribution is 2.14. The third-order valence-electron chi connectivity index (χ3n) is 2.15. The zero-order chi connectivity index (χ0) is 12.3. The zero-order valence-electron chi connectivity index (χ0n) is 9.55. The van der Waals surface area contributed by atoms with E-state index in [1.54, 1.807) is 17.8 Å². The lowest BCUT2D eigenvalue weighted by molar-refractivity contribution is 0.852. The van der Waals surface area contributed by atoms with E-state index in [2.05, 4.69) is 10.1 Å². The number of rotatable bonds is 5. The lowest BCUT2D eigenvalue weighted by Crippen LogP contribution is -2.15. The van der Waals surface area contributed by atoms with E-state index in [1.807, 2.05) is 6.92 Å². The number of hydrogen-bond donors (Lipinski definition) is 1. The number of nitrogens with two attached hydrogens (primary N) is 1. The van der Waals surface area contributed by atoms with E-state index in [0.717, 1.165) is 28.6 Å².